The second-order valence-corrected chi connectivity index (χ2v) is 5.06. The van der Waals surface area contributed by atoms with E-state index < -0.39 is 15.7 Å². The number of hydrogen-bond donors (Lipinski definition) is 0. The van der Waals surface area contributed by atoms with E-state index in [1.54, 1.807) is 32.0 Å². The van der Waals surface area contributed by atoms with E-state index in [0.29, 0.717) is 4.90 Å². The molecular weight excluding hydrogens is 188 g/mol. The number of hydrogen-bond acceptors (Lipinski definition) is 3. The van der Waals surface area contributed by atoms with Crippen LogP contribution in [0.2, 0.25) is 0 Å². The van der Waals surface area contributed by atoms with Crippen molar-refractivity contribution in [2.75, 3.05) is 0 Å². The fraction of sp³-hybridized carbons (Fsp3) is 0.333. The first-order valence-electron chi connectivity index (χ1n) is 3.99. The minimum absolute atomic E-state index is 0.292. The lowest BCUT2D eigenvalue weighted by atomic mass is 9.99. The monoisotopic (exact) mass is 198 g/mol. The van der Waals surface area contributed by atoms with Gasteiger partial charge in [0, 0.05) is 5.56 Å². The van der Waals surface area contributed by atoms with Crippen LogP contribution >= 0.6 is 0 Å². The highest BCUT2D eigenvalue weighted by molar-refractivity contribution is 7.87. The molecule has 70 valence electrons. The highest BCUT2D eigenvalue weighted by Crippen LogP contribution is 2.40. The molecule has 0 unspecified atom stereocenters. The molecule has 0 amide bonds. The summed E-state index contributed by atoms with van der Waals surface area (Å²) in [6, 6.07) is 6.85. The van der Waals surface area contributed by atoms with Crippen molar-refractivity contribution in [2.45, 2.75) is 24.3 Å². The van der Waals surface area contributed by atoms with Crippen LogP contribution in [-0.2, 0) is 19.9 Å². The standard InChI is InChI=1S/C9H10O3S/c1-9(2)7-5-3-4-6-8(7)13(10,11)12-9/h3-6H,1-2H3. The Bertz CT molecular complexity index is 446. The van der Waals surface area contributed by atoms with Gasteiger partial charge in [-0.25, -0.2) is 0 Å². The molecule has 0 aliphatic carbocycles. The van der Waals surface area contributed by atoms with Gasteiger partial charge in [-0.1, -0.05) is 18.2 Å². The fourth-order valence-electron chi connectivity index (χ4n) is 1.55. The molecule has 1 heterocycles. The van der Waals surface area contributed by atoms with Crippen molar-refractivity contribution in [1.82, 2.24) is 0 Å². The summed E-state index contributed by atoms with van der Waals surface area (Å²) in [6.45, 7) is 3.49. The molecule has 2 rings (SSSR count). The summed E-state index contributed by atoms with van der Waals surface area (Å²) in [7, 11) is -3.51. The fourth-order valence-corrected chi connectivity index (χ4v) is 3.10. The van der Waals surface area contributed by atoms with Gasteiger partial charge < -0.3 is 0 Å². The van der Waals surface area contributed by atoms with E-state index in [-0.39, 0.29) is 0 Å². The van der Waals surface area contributed by atoms with E-state index in [9.17, 15) is 8.42 Å². The van der Waals surface area contributed by atoms with E-state index in [1.165, 1.54) is 0 Å². The maximum Gasteiger partial charge on any atom is 0.298 e. The van der Waals surface area contributed by atoms with Crippen LogP contribution in [0.15, 0.2) is 29.2 Å². The summed E-state index contributed by atoms with van der Waals surface area (Å²) < 4.78 is 27.9. The summed E-state index contributed by atoms with van der Waals surface area (Å²) in [5.74, 6) is 0. The Morgan fingerprint density at radius 2 is 1.85 bits per heavy atom. The Labute approximate surface area is 77.5 Å². The molecule has 0 saturated carbocycles. The van der Waals surface area contributed by atoms with E-state index in [0.717, 1.165) is 5.56 Å². The third-order valence-corrected chi connectivity index (χ3v) is 3.65. The highest BCUT2D eigenvalue weighted by atomic mass is 32.2. The lowest BCUT2D eigenvalue weighted by Gasteiger charge is -2.15. The summed E-state index contributed by atoms with van der Waals surface area (Å²) >= 11 is 0. The second kappa shape index (κ2) is 2.33. The maximum atomic E-state index is 11.4. The molecule has 0 bridgehead atoms. The average Bonchev–Trinajstić information content (AvgIpc) is 2.20. The van der Waals surface area contributed by atoms with Crippen molar-refractivity contribution in [1.29, 1.82) is 0 Å². The molecule has 0 N–H and O–H groups in total. The van der Waals surface area contributed by atoms with Gasteiger partial charge in [-0.3, -0.25) is 4.18 Å². The molecule has 13 heavy (non-hydrogen) atoms. The first kappa shape index (κ1) is 8.72. The first-order valence-corrected chi connectivity index (χ1v) is 5.39. The molecule has 3 nitrogen and oxygen atoms in total. The topological polar surface area (TPSA) is 43.4 Å². The minimum Gasteiger partial charge on any atom is -0.255 e. The van der Waals surface area contributed by atoms with Crippen LogP contribution < -0.4 is 0 Å². The SMILES string of the molecule is CC1(C)OS(=O)(=O)c2ccccc21. The summed E-state index contributed by atoms with van der Waals surface area (Å²) in [5, 5.41) is 0. The van der Waals surface area contributed by atoms with Crippen LogP contribution in [0.25, 0.3) is 0 Å². The lowest BCUT2D eigenvalue weighted by molar-refractivity contribution is 0.132. The average molecular weight is 198 g/mol. The van der Waals surface area contributed by atoms with Gasteiger partial charge in [-0.2, -0.15) is 8.42 Å². The van der Waals surface area contributed by atoms with Crippen molar-refractivity contribution in [3.05, 3.63) is 29.8 Å². The Morgan fingerprint density at radius 1 is 1.23 bits per heavy atom. The zero-order valence-electron chi connectivity index (χ0n) is 7.44. The molecule has 0 fully saturated rings. The van der Waals surface area contributed by atoms with Crippen LogP contribution in [0, 0.1) is 0 Å². The Morgan fingerprint density at radius 3 is 2.46 bits per heavy atom. The normalized spacial score (nSPS) is 22.6. The first-order chi connectivity index (χ1) is 5.93. The minimum atomic E-state index is -3.51. The maximum absolute atomic E-state index is 11.4. The smallest absolute Gasteiger partial charge is 0.255 e. The highest BCUT2D eigenvalue weighted by Gasteiger charge is 2.41. The zero-order chi connectivity index (χ0) is 9.69. The quantitative estimate of drug-likeness (QED) is 0.595. The van der Waals surface area contributed by atoms with Crippen LogP contribution in [0.1, 0.15) is 19.4 Å². The van der Waals surface area contributed by atoms with Gasteiger partial charge in [0.25, 0.3) is 10.1 Å². The number of rotatable bonds is 0. The van der Waals surface area contributed by atoms with Crippen LogP contribution in [-0.4, -0.2) is 8.42 Å². The van der Waals surface area contributed by atoms with E-state index in [4.69, 9.17) is 4.18 Å². The Balaban J connectivity index is 2.79. The number of fused-ring (bicyclic) bond motifs is 1. The zero-order valence-corrected chi connectivity index (χ0v) is 8.26. The number of benzene rings is 1. The second-order valence-electron chi connectivity index (χ2n) is 3.54. The van der Waals surface area contributed by atoms with E-state index in [2.05, 4.69) is 0 Å². The summed E-state index contributed by atoms with van der Waals surface area (Å²) in [6.07, 6.45) is 0. The molecule has 1 aliphatic rings. The van der Waals surface area contributed by atoms with Crippen molar-refractivity contribution in [3.8, 4) is 0 Å². The largest absolute Gasteiger partial charge is 0.298 e. The summed E-state index contributed by atoms with van der Waals surface area (Å²) in [4.78, 5) is 0.292. The van der Waals surface area contributed by atoms with Gasteiger partial charge in [0.2, 0.25) is 0 Å². The van der Waals surface area contributed by atoms with Gasteiger partial charge in [0.15, 0.2) is 0 Å². The van der Waals surface area contributed by atoms with Gasteiger partial charge in [-0.15, -0.1) is 0 Å². The lowest BCUT2D eigenvalue weighted by Crippen LogP contribution is -2.16. The molecule has 0 spiro atoms. The third kappa shape index (κ3) is 1.17. The molecule has 0 atom stereocenters. The molecule has 1 aromatic carbocycles. The van der Waals surface area contributed by atoms with Crippen molar-refractivity contribution in [2.24, 2.45) is 0 Å². The van der Waals surface area contributed by atoms with E-state index >= 15 is 0 Å². The molecule has 0 saturated heterocycles. The Hall–Kier alpha value is -0.870. The molecule has 1 aromatic rings. The van der Waals surface area contributed by atoms with Crippen LogP contribution in [0.5, 0.6) is 0 Å². The molecule has 1 aliphatic heterocycles. The van der Waals surface area contributed by atoms with Crippen molar-refractivity contribution < 1.29 is 12.6 Å². The van der Waals surface area contributed by atoms with Crippen LogP contribution in [0.4, 0.5) is 0 Å². The molecule has 0 aromatic heterocycles. The predicted molar refractivity (Wildman–Crippen MR) is 47.7 cm³/mol. The van der Waals surface area contributed by atoms with E-state index in [1.807, 2.05) is 6.07 Å². The molecular formula is C9H10O3S. The third-order valence-electron chi connectivity index (χ3n) is 2.12. The van der Waals surface area contributed by atoms with Gasteiger partial charge in [-0.05, 0) is 19.9 Å². The Kier molecular flexibility index (Phi) is 1.56. The molecule has 4 heteroatoms. The van der Waals surface area contributed by atoms with Crippen molar-refractivity contribution in [3.63, 3.8) is 0 Å². The molecule has 0 radical (unpaired) electrons. The summed E-state index contributed by atoms with van der Waals surface area (Å²) in [5.41, 5.74) is 0.00472. The van der Waals surface area contributed by atoms with Gasteiger partial charge >= 0.3 is 0 Å². The van der Waals surface area contributed by atoms with Gasteiger partial charge in [0.05, 0.1) is 0 Å². The van der Waals surface area contributed by atoms with Gasteiger partial charge in [0.1, 0.15) is 10.5 Å². The van der Waals surface area contributed by atoms with Crippen molar-refractivity contribution >= 4 is 10.1 Å². The van der Waals surface area contributed by atoms with Crippen LogP contribution in [0.3, 0.4) is 0 Å². The predicted octanol–water partition coefficient (Wildman–Crippen LogP) is 1.64.